The number of rotatable bonds is 9. The highest BCUT2D eigenvalue weighted by atomic mass is 33.1. The van der Waals surface area contributed by atoms with Crippen LogP contribution in [0, 0.1) is 17.2 Å². The zero-order chi connectivity index (χ0) is 24.2. The molecule has 1 aliphatic carbocycles. The fourth-order valence-corrected chi connectivity index (χ4v) is 8.94. The van der Waals surface area contributed by atoms with Gasteiger partial charge in [0, 0.05) is 46.4 Å². The van der Waals surface area contributed by atoms with Crippen molar-refractivity contribution in [2.75, 3.05) is 5.75 Å². The van der Waals surface area contributed by atoms with Crippen LogP contribution in [0.2, 0.25) is 0 Å². The maximum absolute atomic E-state index is 12.9. The maximum Gasteiger partial charge on any atom is 0.232 e. The Morgan fingerprint density at radius 1 is 1.29 bits per heavy atom. The van der Waals surface area contributed by atoms with E-state index in [0.29, 0.717) is 29.7 Å². The van der Waals surface area contributed by atoms with E-state index in [1.807, 2.05) is 16.9 Å². The van der Waals surface area contributed by atoms with Crippen molar-refractivity contribution in [3.8, 4) is 17.3 Å². The molecule has 3 atom stereocenters. The summed E-state index contributed by atoms with van der Waals surface area (Å²) < 4.78 is 15.1. The van der Waals surface area contributed by atoms with Gasteiger partial charge in [-0.2, -0.15) is 10.4 Å². The molecule has 184 valence electrons. The summed E-state index contributed by atoms with van der Waals surface area (Å²) in [6.45, 7) is 0. The Balaban J connectivity index is 1.28. The lowest BCUT2D eigenvalue weighted by Gasteiger charge is -2.21. The minimum Gasteiger partial charge on any atom is -0.605 e. The first kappa shape index (κ1) is 24.3. The van der Waals surface area contributed by atoms with Gasteiger partial charge in [0.2, 0.25) is 5.91 Å². The van der Waals surface area contributed by atoms with Crippen molar-refractivity contribution >= 4 is 37.9 Å². The Morgan fingerprint density at radius 3 is 2.91 bits per heavy atom. The average molecular weight is 511 g/mol. The number of unbranched alkanes of at least 4 members (excludes halogenated alkanes) is 1. The summed E-state index contributed by atoms with van der Waals surface area (Å²) in [6, 6.07) is 4.32. The summed E-state index contributed by atoms with van der Waals surface area (Å²) in [5.41, 5.74) is 2.23. The minimum atomic E-state index is -0.718. The molecule has 35 heavy (non-hydrogen) atoms. The standard InChI is InChI=1S/C25H30N6O2S2/c26-12-9-22(18-5-1-2-6-18)31-16-19(15-29-31)24-21-10-13-30(25(21)28-17-27-24)23(32)8-4-3-7-20-11-14-35(33)34-20/h10,13,15-18,20,22H,1-9,11,14H2/t20-,22?,35?/m1/s1. The van der Waals surface area contributed by atoms with E-state index in [2.05, 4.69) is 21.1 Å². The summed E-state index contributed by atoms with van der Waals surface area (Å²) in [7, 11) is 0.861. The van der Waals surface area contributed by atoms with E-state index < -0.39 is 10.2 Å². The SMILES string of the molecule is N#CCC(C1CCCC1)n1cc(-c2ncnc3c2ccn3C(=O)CCCC[C@@H]2CC[S+]([O-])S2)cn1. The van der Waals surface area contributed by atoms with Crippen molar-refractivity contribution in [1.82, 2.24) is 24.3 Å². The zero-order valence-electron chi connectivity index (χ0n) is 19.7. The summed E-state index contributed by atoms with van der Waals surface area (Å²) in [6.07, 6.45) is 16.5. The second kappa shape index (κ2) is 11.1. The number of carbonyl (C=O) groups is 1. The van der Waals surface area contributed by atoms with Crippen LogP contribution in [-0.4, -0.2) is 45.8 Å². The van der Waals surface area contributed by atoms with Crippen LogP contribution in [0.15, 0.2) is 31.0 Å². The van der Waals surface area contributed by atoms with Gasteiger partial charge < -0.3 is 4.55 Å². The molecule has 3 aromatic heterocycles. The number of hydrogen-bond donors (Lipinski definition) is 0. The van der Waals surface area contributed by atoms with E-state index in [-0.39, 0.29) is 11.9 Å². The molecule has 0 spiro atoms. The van der Waals surface area contributed by atoms with Crippen LogP contribution < -0.4 is 0 Å². The summed E-state index contributed by atoms with van der Waals surface area (Å²) >= 11 is 0. The third kappa shape index (κ3) is 5.42. The Kier molecular flexibility index (Phi) is 7.75. The lowest BCUT2D eigenvalue weighted by atomic mass is 9.96. The zero-order valence-corrected chi connectivity index (χ0v) is 21.3. The largest absolute Gasteiger partial charge is 0.605 e. The minimum absolute atomic E-state index is 0.0262. The van der Waals surface area contributed by atoms with Gasteiger partial charge in [0.15, 0.2) is 5.65 Å². The Labute approximate surface area is 212 Å². The van der Waals surface area contributed by atoms with Gasteiger partial charge in [-0.1, -0.05) is 19.3 Å². The molecule has 2 fully saturated rings. The molecule has 1 saturated heterocycles. The van der Waals surface area contributed by atoms with Crippen LogP contribution in [0.25, 0.3) is 22.3 Å². The Morgan fingerprint density at radius 2 is 2.14 bits per heavy atom. The molecule has 0 aromatic carbocycles. The lowest BCUT2D eigenvalue weighted by Crippen LogP contribution is -2.17. The molecule has 2 aliphatic rings. The molecule has 0 amide bonds. The quantitative estimate of drug-likeness (QED) is 0.218. The van der Waals surface area contributed by atoms with E-state index in [0.717, 1.165) is 60.9 Å². The molecule has 0 N–H and O–H groups in total. The first-order valence-electron chi connectivity index (χ1n) is 12.5. The number of fused-ring (bicyclic) bond motifs is 1. The maximum atomic E-state index is 12.9. The van der Waals surface area contributed by atoms with Crippen molar-refractivity contribution in [2.24, 2.45) is 5.92 Å². The number of nitrogens with zero attached hydrogens (tertiary/aromatic N) is 6. The van der Waals surface area contributed by atoms with E-state index in [1.54, 1.807) is 27.8 Å². The fourth-order valence-electron chi connectivity index (χ4n) is 5.37. The third-order valence-corrected chi connectivity index (χ3v) is 10.7. The Hall–Kier alpha value is -2.35. The summed E-state index contributed by atoms with van der Waals surface area (Å²) in [5.74, 6) is 1.31. The highest BCUT2D eigenvalue weighted by Gasteiger charge is 2.28. The third-order valence-electron chi connectivity index (χ3n) is 7.23. The molecule has 0 bridgehead atoms. The van der Waals surface area contributed by atoms with Gasteiger partial charge in [-0.05, 0) is 37.7 Å². The molecule has 3 aromatic rings. The number of hydrogen-bond acceptors (Lipinski definition) is 7. The monoisotopic (exact) mass is 510 g/mol. The van der Waals surface area contributed by atoms with E-state index >= 15 is 0 Å². The van der Waals surface area contributed by atoms with Gasteiger partial charge in [-0.25, -0.2) is 9.97 Å². The normalized spacial score (nSPS) is 21.5. The number of carbonyl (C=O) groups excluding carboxylic acids is 1. The predicted molar refractivity (Wildman–Crippen MR) is 138 cm³/mol. The van der Waals surface area contributed by atoms with Crippen LogP contribution in [0.3, 0.4) is 0 Å². The van der Waals surface area contributed by atoms with Crippen LogP contribution in [-0.2, 0) is 10.2 Å². The molecular weight excluding hydrogens is 480 g/mol. The lowest BCUT2D eigenvalue weighted by molar-refractivity contribution is 0.0904. The smallest absolute Gasteiger partial charge is 0.232 e. The van der Waals surface area contributed by atoms with Crippen molar-refractivity contribution in [3.05, 3.63) is 31.0 Å². The van der Waals surface area contributed by atoms with Crippen LogP contribution in [0.5, 0.6) is 0 Å². The van der Waals surface area contributed by atoms with E-state index in [1.165, 1.54) is 19.2 Å². The van der Waals surface area contributed by atoms with Crippen LogP contribution in [0.4, 0.5) is 0 Å². The molecular formula is C25H30N6O2S2. The van der Waals surface area contributed by atoms with Gasteiger partial charge in [0.1, 0.15) is 12.1 Å². The van der Waals surface area contributed by atoms with E-state index in [9.17, 15) is 14.6 Å². The second-order valence-corrected chi connectivity index (χ2v) is 13.1. The van der Waals surface area contributed by atoms with Gasteiger partial charge in [0.05, 0.1) is 46.5 Å². The van der Waals surface area contributed by atoms with Crippen LogP contribution >= 0.6 is 10.8 Å². The summed E-state index contributed by atoms with van der Waals surface area (Å²) in [5, 5.41) is 15.3. The first-order valence-corrected chi connectivity index (χ1v) is 15.2. The molecule has 4 heterocycles. The molecule has 1 saturated carbocycles. The molecule has 1 aliphatic heterocycles. The predicted octanol–water partition coefficient (Wildman–Crippen LogP) is 5.31. The van der Waals surface area contributed by atoms with Gasteiger partial charge in [0.25, 0.3) is 0 Å². The topological polar surface area (TPSA) is 112 Å². The van der Waals surface area contributed by atoms with Crippen molar-refractivity contribution in [2.45, 2.75) is 75.5 Å². The molecule has 10 heteroatoms. The van der Waals surface area contributed by atoms with E-state index in [4.69, 9.17) is 0 Å². The highest BCUT2D eigenvalue weighted by Crippen LogP contribution is 2.37. The van der Waals surface area contributed by atoms with Gasteiger partial charge in [-0.15, -0.1) is 0 Å². The number of aromatic nitrogens is 5. The second-order valence-electron chi connectivity index (χ2n) is 9.48. The van der Waals surface area contributed by atoms with Crippen molar-refractivity contribution < 1.29 is 9.35 Å². The summed E-state index contributed by atoms with van der Waals surface area (Å²) in [4.78, 5) is 21.8. The van der Waals surface area contributed by atoms with Crippen molar-refractivity contribution in [3.63, 3.8) is 0 Å². The Bertz CT molecular complexity index is 1210. The molecule has 0 radical (unpaired) electrons. The van der Waals surface area contributed by atoms with Crippen molar-refractivity contribution in [1.29, 1.82) is 5.26 Å². The first-order chi connectivity index (χ1) is 17.1. The van der Waals surface area contributed by atoms with Gasteiger partial charge >= 0.3 is 0 Å². The number of nitriles is 1. The van der Waals surface area contributed by atoms with Gasteiger partial charge in [-0.3, -0.25) is 14.0 Å². The molecule has 2 unspecified atom stereocenters. The molecule has 8 nitrogen and oxygen atoms in total. The highest BCUT2D eigenvalue weighted by molar-refractivity contribution is 8.72. The average Bonchev–Trinajstić information content (AvgIpc) is 3.66. The fraction of sp³-hybridized carbons (Fsp3) is 0.560. The molecule has 5 rings (SSSR count). The van der Waals surface area contributed by atoms with Crippen LogP contribution in [0.1, 0.15) is 75.0 Å².